The van der Waals surface area contributed by atoms with Crippen LogP contribution in [0.4, 0.5) is 0 Å². The number of sulfone groups is 1. The molecule has 0 spiro atoms. The normalized spacial score (nSPS) is 29.6. The number of amides is 1. The molecule has 10 heteroatoms. The molecule has 0 aromatic heterocycles. The number of rotatable bonds is 5. The van der Waals surface area contributed by atoms with Crippen LogP contribution in [0.1, 0.15) is 13.3 Å². The van der Waals surface area contributed by atoms with E-state index in [-0.39, 0.29) is 6.42 Å². The van der Waals surface area contributed by atoms with E-state index in [9.17, 15) is 26.2 Å². The summed E-state index contributed by atoms with van der Waals surface area (Å²) >= 11 is 0. The molecular formula is C10H19N2O6S2-. The van der Waals surface area contributed by atoms with Crippen LogP contribution < -0.4 is 5.32 Å². The molecule has 1 saturated heterocycles. The standard InChI is InChI=1S/C10H20N2O6S2/c1-10(11-9(13)4-5-12(2)3)7-19(14,15)6-8(10)20(16,17)18/h8H,4-7H2,1-3H3,(H,11,13)(H,16,17,18)/p-1. The van der Waals surface area contributed by atoms with Gasteiger partial charge in [0.25, 0.3) is 0 Å². The van der Waals surface area contributed by atoms with Gasteiger partial charge in [-0.15, -0.1) is 0 Å². The van der Waals surface area contributed by atoms with Crippen LogP contribution in [0, 0.1) is 0 Å². The Bertz CT molecular complexity index is 583. The molecule has 2 atom stereocenters. The lowest BCUT2D eigenvalue weighted by Crippen LogP contribution is -2.56. The van der Waals surface area contributed by atoms with Gasteiger partial charge in [0.1, 0.15) is 10.1 Å². The number of hydrogen-bond acceptors (Lipinski definition) is 7. The summed E-state index contributed by atoms with van der Waals surface area (Å²) in [4.78, 5) is 13.5. The molecule has 1 aliphatic heterocycles. The number of carbonyl (C=O) groups is 1. The highest BCUT2D eigenvalue weighted by Gasteiger charge is 2.51. The van der Waals surface area contributed by atoms with Gasteiger partial charge in [0.15, 0.2) is 9.84 Å². The van der Waals surface area contributed by atoms with Crippen molar-refractivity contribution in [2.45, 2.75) is 24.1 Å². The van der Waals surface area contributed by atoms with E-state index in [1.165, 1.54) is 6.92 Å². The molecule has 118 valence electrons. The third-order valence-corrected chi connectivity index (χ3v) is 6.67. The van der Waals surface area contributed by atoms with Gasteiger partial charge < -0.3 is 14.8 Å². The molecule has 0 aliphatic carbocycles. The Balaban J connectivity index is 2.91. The molecule has 20 heavy (non-hydrogen) atoms. The van der Waals surface area contributed by atoms with Crippen LogP contribution in [0.5, 0.6) is 0 Å². The maximum Gasteiger partial charge on any atom is 0.221 e. The highest BCUT2D eigenvalue weighted by Crippen LogP contribution is 2.28. The largest absolute Gasteiger partial charge is 0.748 e. The zero-order valence-electron chi connectivity index (χ0n) is 11.6. The van der Waals surface area contributed by atoms with E-state index >= 15 is 0 Å². The quantitative estimate of drug-likeness (QED) is 0.588. The zero-order chi connectivity index (χ0) is 15.8. The summed E-state index contributed by atoms with van der Waals surface area (Å²) < 4.78 is 56.8. The molecule has 1 fully saturated rings. The van der Waals surface area contributed by atoms with Crippen molar-refractivity contribution in [3.05, 3.63) is 0 Å². The third kappa shape index (κ3) is 4.40. The molecule has 0 aromatic rings. The first-order valence-electron chi connectivity index (χ1n) is 5.97. The summed E-state index contributed by atoms with van der Waals surface area (Å²) in [6.07, 6.45) is 0.0915. The molecule has 1 heterocycles. The Labute approximate surface area is 119 Å². The summed E-state index contributed by atoms with van der Waals surface area (Å²) in [5.41, 5.74) is -1.57. The van der Waals surface area contributed by atoms with Crippen LogP contribution in [0.15, 0.2) is 0 Å². The minimum absolute atomic E-state index is 0.0915. The minimum atomic E-state index is -4.81. The lowest BCUT2D eigenvalue weighted by molar-refractivity contribution is -0.122. The molecular weight excluding hydrogens is 308 g/mol. The second-order valence-electron chi connectivity index (χ2n) is 5.55. The fourth-order valence-corrected chi connectivity index (χ4v) is 6.56. The van der Waals surface area contributed by atoms with Crippen molar-refractivity contribution in [1.29, 1.82) is 0 Å². The van der Waals surface area contributed by atoms with E-state index < -0.39 is 48.2 Å². The van der Waals surface area contributed by atoms with E-state index in [1.54, 1.807) is 19.0 Å². The third-order valence-electron chi connectivity index (χ3n) is 3.20. The molecule has 2 unspecified atom stereocenters. The Morgan fingerprint density at radius 3 is 2.45 bits per heavy atom. The van der Waals surface area contributed by atoms with Crippen molar-refractivity contribution in [3.63, 3.8) is 0 Å². The zero-order valence-corrected chi connectivity index (χ0v) is 13.3. The van der Waals surface area contributed by atoms with Crippen LogP contribution in [-0.4, -0.2) is 75.1 Å². The highest BCUT2D eigenvalue weighted by atomic mass is 32.2. The minimum Gasteiger partial charge on any atom is -0.748 e. The number of hydrogen-bond donors (Lipinski definition) is 1. The average molecular weight is 327 g/mol. The number of carbonyl (C=O) groups excluding carboxylic acids is 1. The second-order valence-corrected chi connectivity index (χ2v) is 9.22. The Kier molecular flexibility index (Phi) is 4.84. The Hall–Kier alpha value is -0.710. The fourth-order valence-electron chi connectivity index (χ4n) is 2.25. The SMILES string of the molecule is CN(C)CCC(=O)NC1(C)CS(=O)(=O)CC1S(=O)(=O)[O-]. The van der Waals surface area contributed by atoms with Crippen LogP contribution >= 0.6 is 0 Å². The molecule has 1 N–H and O–H groups in total. The fraction of sp³-hybridized carbons (Fsp3) is 0.900. The van der Waals surface area contributed by atoms with E-state index in [2.05, 4.69) is 5.32 Å². The molecule has 0 radical (unpaired) electrons. The first-order chi connectivity index (χ1) is 8.86. The molecule has 8 nitrogen and oxygen atoms in total. The summed E-state index contributed by atoms with van der Waals surface area (Å²) in [6, 6.07) is 0. The van der Waals surface area contributed by atoms with Gasteiger partial charge in [0.05, 0.1) is 22.3 Å². The topological polar surface area (TPSA) is 124 Å². The first kappa shape index (κ1) is 17.3. The Morgan fingerprint density at radius 2 is 2.00 bits per heavy atom. The van der Waals surface area contributed by atoms with E-state index in [4.69, 9.17) is 0 Å². The lowest BCUT2D eigenvalue weighted by Gasteiger charge is -2.32. The predicted molar refractivity (Wildman–Crippen MR) is 71.9 cm³/mol. The maximum atomic E-state index is 11.8. The number of nitrogens with one attached hydrogen (secondary N) is 1. The number of nitrogens with zero attached hydrogens (tertiary/aromatic N) is 1. The van der Waals surface area contributed by atoms with Gasteiger partial charge in [-0.25, -0.2) is 16.8 Å². The summed E-state index contributed by atoms with van der Waals surface area (Å²) in [6.45, 7) is 1.72. The molecule has 0 aromatic carbocycles. The summed E-state index contributed by atoms with van der Waals surface area (Å²) in [7, 11) is -4.95. The lowest BCUT2D eigenvalue weighted by atomic mass is 10.0. The van der Waals surface area contributed by atoms with Crippen molar-refractivity contribution >= 4 is 25.9 Å². The van der Waals surface area contributed by atoms with E-state index in [1.807, 2.05) is 0 Å². The monoisotopic (exact) mass is 327 g/mol. The van der Waals surface area contributed by atoms with Gasteiger partial charge >= 0.3 is 0 Å². The van der Waals surface area contributed by atoms with E-state index in [0.717, 1.165) is 0 Å². The average Bonchev–Trinajstić information content (AvgIpc) is 2.45. The summed E-state index contributed by atoms with van der Waals surface area (Å²) in [5.74, 6) is -1.77. The molecule has 0 saturated carbocycles. The van der Waals surface area contributed by atoms with Gasteiger partial charge in [-0.2, -0.15) is 0 Å². The van der Waals surface area contributed by atoms with Gasteiger partial charge in [-0.1, -0.05) is 0 Å². The van der Waals surface area contributed by atoms with Crippen LogP contribution in [0.2, 0.25) is 0 Å². The highest BCUT2D eigenvalue weighted by molar-refractivity contribution is 7.94. The molecule has 1 aliphatic rings. The van der Waals surface area contributed by atoms with Gasteiger partial charge in [0, 0.05) is 13.0 Å². The van der Waals surface area contributed by atoms with Crippen LogP contribution in [0.25, 0.3) is 0 Å². The smallest absolute Gasteiger partial charge is 0.221 e. The van der Waals surface area contributed by atoms with Crippen molar-refractivity contribution in [2.75, 3.05) is 32.1 Å². The predicted octanol–water partition coefficient (Wildman–Crippen LogP) is -1.84. The van der Waals surface area contributed by atoms with E-state index in [0.29, 0.717) is 6.54 Å². The molecule has 1 rings (SSSR count). The molecule has 1 amide bonds. The Morgan fingerprint density at radius 1 is 1.45 bits per heavy atom. The molecule has 0 bridgehead atoms. The second kappa shape index (κ2) is 5.58. The van der Waals surface area contributed by atoms with Crippen molar-refractivity contribution in [3.8, 4) is 0 Å². The van der Waals surface area contributed by atoms with Gasteiger partial charge in [0.2, 0.25) is 5.91 Å². The van der Waals surface area contributed by atoms with Crippen molar-refractivity contribution in [2.24, 2.45) is 0 Å². The first-order valence-corrected chi connectivity index (χ1v) is 9.26. The van der Waals surface area contributed by atoms with Crippen LogP contribution in [0.3, 0.4) is 0 Å². The van der Waals surface area contributed by atoms with Crippen LogP contribution in [-0.2, 0) is 24.7 Å². The summed E-state index contributed by atoms with van der Waals surface area (Å²) in [5, 5.41) is 0.749. The van der Waals surface area contributed by atoms with Crippen molar-refractivity contribution < 1.29 is 26.2 Å². The maximum absolute atomic E-state index is 11.8. The van der Waals surface area contributed by atoms with Crippen molar-refractivity contribution in [1.82, 2.24) is 10.2 Å². The van der Waals surface area contributed by atoms with Gasteiger partial charge in [-0.3, -0.25) is 4.79 Å². The van der Waals surface area contributed by atoms with Gasteiger partial charge in [-0.05, 0) is 21.0 Å².